The Morgan fingerprint density at radius 3 is 1.59 bits per heavy atom. The van der Waals surface area contributed by atoms with Crippen molar-refractivity contribution in [3.05, 3.63) is 60.0 Å². The number of carbonyl (C=O) groups excluding carboxylic acids is 2. The second kappa shape index (κ2) is 14.6. The number of hydrogen-bond acceptors (Lipinski definition) is 8. The van der Waals surface area contributed by atoms with Gasteiger partial charge in [-0.2, -0.15) is 0 Å². The van der Waals surface area contributed by atoms with Gasteiger partial charge in [0.1, 0.15) is 12.1 Å². The van der Waals surface area contributed by atoms with E-state index in [4.69, 9.17) is 0 Å². The van der Waals surface area contributed by atoms with Crippen molar-refractivity contribution in [3.63, 3.8) is 0 Å². The van der Waals surface area contributed by atoms with Gasteiger partial charge in [0.15, 0.2) is 0 Å². The number of hydrogen-bond donors (Lipinski definition) is 7. The number of H-pyrrole nitrogens is 3. The molecule has 3 rings (SSSR count). The third kappa shape index (κ3) is 10.1. The normalized spacial score (nSPS) is 12.9. The second-order valence-electron chi connectivity index (χ2n) is 8.42. The SMILES string of the molecule is O=C(CCN=Cc1ccc(C=NCCC(=O)N[C@@H](Cc2cnc[nH]2)C(=O)O)[nH]1)N[C@@H](Cc1cnc[nH]1)C(=O)O. The zero-order chi connectivity index (χ0) is 28.0. The predicted octanol–water partition coefficient (Wildman–Crippen LogP) is -0.297. The molecule has 0 aromatic carbocycles. The zero-order valence-electron chi connectivity index (χ0n) is 20.8. The number of amides is 2. The highest BCUT2D eigenvalue weighted by Crippen LogP contribution is 2.02. The number of carbonyl (C=O) groups is 4. The number of carboxylic acid groups (broad SMARTS) is 2. The molecule has 2 amide bonds. The molecule has 0 fully saturated rings. The molecule has 0 spiro atoms. The van der Waals surface area contributed by atoms with Crippen LogP contribution in [0.2, 0.25) is 0 Å². The molecule has 3 heterocycles. The number of aliphatic imine (C=N–C) groups is 2. The van der Waals surface area contributed by atoms with Gasteiger partial charge in [-0.15, -0.1) is 0 Å². The van der Waals surface area contributed by atoms with Crippen molar-refractivity contribution in [1.82, 2.24) is 35.6 Å². The minimum atomic E-state index is -1.14. The highest BCUT2D eigenvalue weighted by atomic mass is 16.4. The van der Waals surface area contributed by atoms with Crippen LogP contribution in [0.1, 0.15) is 35.6 Å². The van der Waals surface area contributed by atoms with Crippen molar-refractivity contribution in [2.24, 2.45) is 9.98 Å². The molecule has 39 heavy (non-hydrogen) atoms. The number of imidazole rings is 2. The molecule has 0 aliphatic rings. The van der Waals surface area contributed by atoms with Crippen molar-refractivity contribution < 1.29 is 29.4 Å². The smallest absolute Gasteiger partial charge is 0.326 e. The molecule has 206 valence electrons. The number of aromatic amines is 3. The number of carboxylic acids is 2. The van der Waals surface area contributed by atoms with E-state index in [2.05, 4.69) is 45.5 Å². The summed E-state index contributed by atoms with van der Waals surface area (Å²) in [5.74, 6) is -3.15. The molecule has 0 unspecified atom stereocenters. The van der Waals surface area contributed by atoms with E-state index >= 15 is 0 Å². The predicted molar refractivity (Wildman–Crippen MR) is 139 cm³/mol. The minimum absolute atomic E-state index is 0.0188. The van der Waals surface area contributed by atoms with Gasteiger partial charge in [0, 0.05) is 75.0 Å². The van der Waals surface area contributed by atoms with Crippen molar-refractivity contribution in [2.75, 3.05) is 13.1 Å². The topological polar surface area (TPSA) is 231 Å². The summed E-state index contributed by atoms with van der Waals surface area (Å²) in [6.45, 7) is 0.328. The maximum atomic E-state index is 12.1. The number of nitrogens with one attached hydrogen (secondary N) is 5. The molecule has 0 aliphatic heterocycles. The van der Waals surface area contributed by atoms with Crippen LogP contribution in [0.4, 0.5) is 0 Å². The van der Waals surface area contributed by atoms with Gasteiger partial charge < -0.3 is 35.8 Å². The summed E-state index contributed by atoms with van der Waals surface area (Å²) in [6, 6.07) is 1.38. The van der Waals surface area contributed by atoms with Gasteiger partial charge in [0.25, 0.3) is 0 Å². The molecule has 3 aromatic heterocycles. The largest absolute Gasteiger partial charge is 0.480 e. The lowest BCUT2D eigenvalue weighted by atomic mass is 10.1. The van der Waals surface area contributed by atoms with E-state index in [1.165, 1.54) is 25.0 Å². The molecule has 15 nitrogen and oxygen atoms in total. The average Bonchev–Trinajstić information content (AvgIpc) is 3.67. The Hall–Kier alpha value is -5.08. The Bertz CT molecular complexity index is 1180. The third-order valence-electron chi connectivity index (χ3n) is 5.35. The first-order chi connectivity index (χ1) is 18.8. The lowest BCUT2D eigenvalue weighted by Crippen LogP contribution is -2.42. The van der Waals surface area contributed by atoms with E-state index in [1.807, 2.05) is 0 Å². The Balaban J connectivity index is 1.36. The molecule has 0 saturated carbocycles. The van der Waals surface area contributed by atoms with E-state index in [9.17, 15) is 29.4 Å². The van der Waals surface area contributed by atoms with Gasteiger partial charge in [-0.1, -0.05) is 0 Å². The summed E-state index contributed by atoms with van der Waals surface area (Å²) in [5, 5.41) is 23.6. The molecule has 0 aliphatic carbocycles. The van der Waals surface area contributed by atoms with E-state index in [-0.39, 0.29) is 38.8 Å². The first-order valence-corrected chi connectivity index (χ1v) is 12.0. The quantitative estimate of drug-likeness (QED) is 0.119. The highest BCUT2D eigenvalue weighted by Gasteiger charge is 2.21. The van der Waals surface area contributed by atoms with Crippen molar-refractivity contribution in [3.8, 4) is 0 Å². The van der Waals surface area contributed by atoms with Crippen molar-refractivity contribution in [2.45, 2.75) is 37.8 Å². The van der Waals surface area contributed by atoms with Gasteiger partial charge >= 0.3 is 11.9 Å². The van der Waals surface area contributed by atoms with Crippen LogP contribution in [-0.2, 0) is 32.0 Å². The van der Waals surface area contributed by atoms with E-state index in [1.54, 1.807) is 24.6 Å². The molecule has 7 N–H and O–H groups in total. The maximum Gasteiger partial charge on any atom is 0.326 e. The van der Waals surface area contributed by atoms with Crippen LogP contribution in [0.25, 0.3) is 0 Å². The molecule has 2 atom stereocenters. The van der Waals surface area contributed by atoms with Crippen molar-refractivity contribution >= 4 is 36.2 Å². The fourth-order valence-electron chi connectivity index (χ4n) is 3.40. The van der Waals surface area contributed by atoms with Crippen molar-refractivity contribution in [1.29, 1.82) is 0 Å². The summed E-state index contributed by atoms with van der Waals surface area (Å²) >= 11 is 0. The molecule has 0 bridgehead atoms. The lowest BCUT2D eigenvalue weighted by molar-refractivity contribution is -0.142. The van der Waals surface area contributed by atoms with Gasteiger partial charge in [-0.3, -0.25) is 19.6 Å². The summed E-state index contributed by atoms with van der Waals surface area (Å²) in [7, 11) is 0. The van der Waals surface area contributed by atoms with Crippen LogP contribution < -0.4 is 10.6 Å². The maximum absolute atomic E-state index is 12.1. The van der Waals surface area contributed by atoms with E-state index < -0.39 is 35.8 Å². The van der Waals surface area contributed by atoms with Crippen LogP contribution in [0.15, 0.2) is 47.2 Å². The van der Waals surface area contributed by atoms with Gasteiger partial charge in [-0.05, 0) is 12.1 Å². The second-order valence-corrected chi connectivity index (χ2v) is 8.42. The van der Waals surface area contributed by atoms with Crippen LogP contribution in [0, 0.1) is 0 Å². The highest BCUT2D eigenvalue weighted by molar-refractivity contribution is 5.86. The van der Waals surface area contributed by atoms with E-state index in [0.29, 0.717) is 22.8 Å². The summed E-state index contributed by atoms with van der Waals surface area (Å²) in [5.41, 5.74) is 2.53. The molecule has 0 saturated heterocycles. The fourth-order valence-corrected chi connectivity index (χ4v) is 3.40. The summed E-state index contributed by atoms with van der Waals surface area (Å²) in [6.07, 6.45) is 9.19. The van der Waals surface area contributed by atoms with Crippen LogP contribution in [0.3, 0.4) is 0 Å². The Morgan fingerprint density at radius 1 is 0.795 bits per heavy atom. The minimum Gasteiger partial charge on any atom is -0.480 e. The Labute approximate surface area is 222 Å². The molecular formula is C24H29N9O6. The fraction of sp³-hybridized carbons (Fsp3) is 0.333. The van der Waals surface area contributed by atoms with Gasteiger partial charge in [-0.25, -0.2) is 19.6 Å². The molecule has 15 heteroatoms. The number of nitrogens with zero attached hydrogens (tertiary/aromatic N) is 4. The number of aromatic nitrogens is 5. The Kier molecular flexibility index (Phi) is 10.7. The number of rotatable bonds is 16. The van der Waals surface area contributed by atoms with E-state index in [0.717, 1.165) is 0 Å². The van der Waals surface area contributed by atoms with Gasteiger partial charge in [0.2, 0.25) is 11.8 Å². The Morgan fingerprint density at radius 2 is 1.23 bits per heavy atom. The monoisotopic (exact) mass is 539 g/mol. The lowest BCUT2D eigenvalue weighted by Gasteiger charge is -2.13. The molecule has 3 aromatic rings. The molecular weight excluding hydrogens is 510 g/mol. The first kappa shape index (κ1) is 28.5. The molecule has 0 radical (unpaired) electrons. The summed E-state index contributed by atoms with van der Waals surface area (Å²) in [4.78, 5) is 71.7. The third-order valence-corrected chi connectivity index (χ3v) is 5.35. The summed E-state index contributed by atoms with van der Waals surface area (Å²) < 4.78 is 0. The number of aliphatic carboxylic acids is 2. The van der Waals surface area contributed by atoms with Crippen LogP contribution >= 0.6 is 0 Å². The average molecular weight is 540 g/mol. The standard InChI is InChI=1S/C24H29N9O6/c34-21(32-19(23(36)37)7-17-11-27-13-29-17)3-5-25-9-15-1-2-16(31-15)10-26-6-4-22(35)33-20(24(38)39)8-18-12-28-14-30-18/h1-2,9-14,19-20,31H,3-8H2,(H,27,29)(H,28,30)(H,32,34)(H,33,35)(H,36,37)(H,38,39)/t19-,20-/m0/s1. The van der Waals surface area contributed by atoms with Gasteiger partial charge in [0.05, 0.1) is 24.0 Å². The van der Waals surface area contributed by atoms with Crippen LogP contribution in [-0.4, -0.2) is 96.5 Å². The van der Waals surface area contributed by atoms with Crippen LogP contribution in [0.5, 0.6) is 0 Å². The first-order valence-electron chi connectivity index (χ1n) is 12.0. The zero-order valence-corrected chi connectivity index (χ0v) is 20.8.